The highest BCUT2D eigenvalue weighted by molar-refractivity contribution is 7.12. The van der Waals surface area contributed by atoms with Gasteiger partial charge in [-0.1, -0.05) is 0 Å². The molecule has 0 radical (unpaired) electrons. The molecule has 0 spiro atoms. The van der Waals surface area contributed by atoms with E-state index >= 15 is 0 Å². The van der Waals surface area contributed by atoms with Gasteiger partial charge in [0.15, 0.2) is 0 Å². The van der Waals surface area contributed by atoms with E-state index < -0.39 is 0 Å². The van der Waals surface area contributed by atoms with Crippen molar-refractivity contribution >= 4 is 11.3 Å². The summed E-state index contributed by atoms with van der Waals surface area (Å²) < 4.78 is 5.23. The number of nitrogens with one attached hydrogen (secondary N) is 1. The number of thiophene rings is 1. The zero-order valence-corrected chi connectivity index (χ0v) is 9.02. The predicted molar refractivity (Wildman–Crippen MR) is 55.6 cm³/mol. The van der Waals surface area contributed by atoms with E-state index in [0.29, 0.717) is 0 Å². The standard InChI is InChI=1S/C9H16N2OS/c1-6-4-5-8(13-6)9(11-10)7(2)12-3/h4-5,7,9,11H,10H2,1-3H3. The number of nitrogens with two attached hydrogens (primary N) is 1. The summed E-state index contributed by atoms with van der Waals surface area (Å²) in [5.41, 5.74) is 2.77. The lowest BCUT2D eigenvalue weighted by Gasteiger charge is -2.20. The minimum Gasteiger partial charge on any atom is -0.380 e. The molecule has 1 aromatic rings. The first kappa shape index (κ1) is 10.7. The van der Waals surface area contributed by atoms with Crippen LogP contribution in [-0.4, -0.2) is 13.2 Å². The van der Waals surface area contributed by atoms with Crippen LogP contribution < -0.4 is 11.3 Å². The van der Waals surface area contributed by atoms with E-state index in [9.17, 15) is 0 Å². The van der Waals surface area contributed by atoms with E-state index in [1.54, 1.807) is 18.4 Å². The summed E-state index contributed by atoms with van der Waals surface area (Å²) in [5.74, 6) is 5.47. The fraction of sp³-hybridized carbons (Fsp3) is 0.556. The monoisotopic (exact) mass is 200 g/mol. The quantitative estimate of drug-likeness (QED) is 0.573. The Labute approximate surface area is 82.9 Å². The lowest BCUT2D eigenvalue weighted by Crippen LogP contribution is -2.35. The third-order valence-corrected chi connectivity index (χ3v) is 3.17. The van der Waals surface area contributed by atoms with Crippen molar-refractivity contribution in [3.63, 3.8) is 0 Å². The van der Waals surface area contributed by atoms with Crippen molar-refractivity contribution in [1.82, 2.24) is 5.43 Å². The molecule has 1 heterocycles. The lowest BCUT2D eigenvalue weighted by atomic mass is 10.1. The van der Waals surface area contributed by atoms with Gasteiger partial charge >= 0.3 is 0 Å². The van der Waals surface area contributed by atoms with Gasteiger partial charge in [-0.2, -0.15) is 0 Å². The molecule has 0 aliphatic carbocycles. The summed E-state index contributed by atoms with van der Waals surface area (Å²) in [6.07, 6.45) is 0.0862. The summed E-state index contributed by atoms with van der Waals surface area (Å²) in [7, 11) is 1.69. The highest BCUT2D eigenvalue weighted by Gasteiger charge is 2.18. The maximum atomic E-state index is 5.47. The molecular formula is C9H16N2OS. The normalized spacial score (nSPS) is 15.7. The first-order chi connectivity index (χ1) is 6.19. The number of aryl methyl sites for hydroxylation is 1. The smallest absolute Gasteiger partial charge is 0.0811 e. The van der Waals surface area contributed by atoms with Crippen LogP contribution >= 0.6 is 11.3 Å². The molecule has 4 heteroatoms. The predicted octanol–water partition coefficient (Wildman–Crippen LogP) is 1.60. The van der Waals surface area contributed by atoms with Crippen LogP contribution in [0.25, 0.3) is 0 Å². The van der Waals surface area contributed by atoms with Crippen LogP contribution in [0.2, 0.25) is 0 Å². The Morgan fingerprint density at radius 2 is 2.23 bits per heavy atom. The summed E-state index contributed by atoms with van der Waals surface area (Å²) in [6, 6.07) is 4.26. The zero-order chi connectivity index (χ0) is 9.84. The van der Waals surface area contributed by atoms with E-state index in [2.05, 4.69) is 24.5 Å². The minimum atomic E-state index is 0.0862. The van der Waals surface area contributed by atoms with Gasteiger partial charge in [0.05, 0.1) is 12.1 Å². The van der Waals surface area contributed by atoms with Crippen LogP contribution in [0.15, 0.2) is 12.1 Å². The van der Waals surface area contributed by atoms with Crippen molar-refractivity contribution in [2.45, 2.75) is 26.0 Å². The second-order valence-electron chi connectivity index (χ2n) is 3.03. The van der Waals surface area contributed by atoms with Crippen LogP contribution in [0.1, 0.15) is 22.7 Å². The summed E-state index contributed by atoms with van der Waals surface area (Å²) >= 11 is 1.74. The number of ether oxygens (including phenoxy) is 1. The zero-order valence-electron chi connectivity index (χ0n) is 8.20. The number of methoxy groups -OCH3 is 1. The third kappa shape index (κ3) is 2.51. The summed E-state index contributed by atoms with van der Waals surface area (Å²) in [4.78, 5) is 2.51. The topological polar surface area (TPSA) is 47.3 Å². The molecule has 0 bridgehead atoms. The number of hydrogen-bond donors (Lipinski definition) is 2. The van der Waals surface area contributed by atoms with Gasteiger partial charge in [0.25, 0.3) is 0 Å². The Hall–Kier alpha value is -0.420. The molecule has 0 saturated heterocycles. The van der Waals surface area contributed by atoms with Crippen molar-refractivity contribution in [3.05, 3.63) is 21.9 Å². The second kappa shape index (κ2) is 4.72. The first-order valence-electron chi connectivity index (χ1n) is 4.24. The molecule has 1 rings (SSSR count). The van der Waals surface area contributed by atoms with Gasteiger partial charge in [-0.25, -0.2) is 5.43 Å². The summed E-state index contributed by atoms with van der Waals surface area (Å²) in [5, 5.41) is 0. The van der Waals surface area contributed by atoms with Crippen LogP contribution in [0.4, 0.5) is 0 Å². The van der Waals surface area contributed by atoms with Gasteiger partial charge in [0, 0.05) is 16.9 Å². The molecule has 13 heavy (non-hydrogen) atoms. The average Bonchev–Trinajstić information content (AvgIpc) is 2.53. The van der Waals surface area contributed by atoms with Crippen molar-refractivity contribution in [1.29, 1.82) is 0 Å². The molecule has 3 nitrogen and oxygen atoms in total. The Morgan fingerprint density at radius 3 is 2.62 bits per heavy atom. The van der Waals surface area contributed by atoms with Crippen molar-refractivity contribution in [3.8, 4) is 0 Å². The highest BCUT2D eigenvalue weighted by Crippen LogP contribution is 2.25. The lowest BCUT2D eigenvalue weighted by molar-refractivity contribution is 0.0842. The molecule has 2 atom stereocenters. The first-order valence-corrected chi connectivity index (χ1v) is 5.06. The number of hydrazine groups is 1. The average molecular weight is 200 g/mol. The van der Waals surface area contributed by atoms with Crippen LogP contribution in [-0.2, 0) is 4.74 Å². The maximum absolute atomic E-state index is 5.47. The van der Waals surface area contributed by atoms with E-state index in [1.165, 1.54) is 9.75 Å². The van der Waals surface area contributed by atoms with Crippen molar-refractivity contribution < 1.29 is 4.74 Å². The molecule has 0 aliphatic heterocycles. The Morgan fingerprint density at radius 1 is 1.54 bits per heavy atom. The third-order valence-electron chi connectivity index (χ3n) is 2.09. The van der Waals surface area contributed by atoms with Gasteiger partial charge in [0.1, 0.15) is 0 Å². The van der Waals surface area contributed by atoms with Crippen LogP contribution in [0.3, 0.4) is 0 Å². The molecule has 3 N–H and O–H groups in total. The van der Waals surface area contributed by atoms with E-state index in [0.717, 1.165) is 0 Å². The SMILES string of the molecule is COC(C)C(NN)c1ccc(C)s1. The van der Waals surface area contributed by atoms with Gasteiger partial charge in [0.2, 0.25) is 0 Å². The number of hydrogen-bond acceptors (Lipinski definition) is 4. The van der Waals surface area contributed by atoms with E-state index in [1.807, 2.05) is 6.92 Å². The molecule has 0 fully saturated rings. The molecule has 1 aromatic heterocycles. The Kier molecular flexibility index (Phi) is 3.87. The molecule has 0 aromatic carbocycles. The minimum absolute atomic E-state index is 0.0862. The summed E-state index contributed by atoms with van der Waals surface area (Å²) in [6.45, 7) is 4.08. The second-order valence-corrected chi connectivity index (χ2v) is 4.35. The molecule has 2 unspecified atom stereocenters. The van der Waals surface area contributed by atoms with Gasteiger partial charge in [-0.05, 0) is 26.0 Å². The van der Waals surface area contributed by atoms with Crippen LogP contribution in [0.5, 0.6) is 0 Å². The fourth-order valence-corrected chi connectivity index (χ4v) is 2.24. The molecule has 74 valence electrons. The maximum Gasteiger partial charge on any atom is 0.0811 e. The largest absolute Gasteiger partial charge is 0.380 e. The van der Waals surface area contributed by atoms with Crippen molar-refractivity contribution in [2.75, 3.05) is 7.11 Å². The van der Waals surface area contributed by atoms with Gasteiger partial charge < -0.3 is 4.74 Å². The number of rotatable bonds is 4. The molecule has 0 aliphatic rings. The fourth-order valence-electron chi connectivity index (χ4n) is 1.21. The Bertz CT molecular complexity index is 262. The molecule has 0 saturated carbocycles. The van der Waals surface area contributed by atoms with E-state index in [4.69, 9.17) is 10.6 Å². The highest BCUT2D eigenvalue weighted by atomic mass is 32.1. The Balaban J connectivity index is 2.77. The van der Waals surface area contributed by atoms with Gasteiger partial charge in [-0.3, -0.25) is 5.84 Å². The molecular weight excluding hydrogens is 184 g/mol. The van der Waals surface area contributed by atoms with Gasteiger partial charge in [-0.15, -0.1) is 11.3 Å². The van der Waals surface area contributed by atoms with Crippen molar-refractivity contribution in [2.24, 2.45) is 5.84 Å². The molecule has 0 amide bonds. The van der Waals surface area contributed by atoms with Crippen LogP contribution in [0, 0.1) is 6.92 Å². The van der Waals surface area contributed by atoms with E-state index in [-0.39, 0.29) is 12.1 Å².